The maximum absolute atomic E-state index is 5.64. The zero-order valence-corrected chi connectivity index (χ0v) is 13.3. The predicted octanol–water partition coefficient (Wildman–Crippen LogP) is 3.93. The molecule has 3 atom stereocenters. The van der Waals surface area contributed by atoms with E-state index in [9.17, 15) is 0 Å². The van der Waals surface area contributed by atoms with Crippen LogP contribution in [-0.2, 0) is 0 Å². The van der Waals surface area contributed by atoms with E-state index in [0.717, 1.165) is 40.0 Å². The van der Waals surface area contributed by atoms with Crippen molar-refractivity contribution in [3.63, 3.8) is 0 Å². The molecule has 3 N–H and O–H groups in total. The maximum Gasteiger partial charge on any atom is 0.104 e. The molecule has 3 rings (SSSR count). The van der Waals surface area contributed by atoms with Crippen molar-refractivity contribution < 1.29 is 0 Å². The Morgan fingerprint density at radius 1 is 1.37 bits per heavy atom. The van der Waals surface area contributed by atoms with Crippen molar-refractivity contribution >= 4 is 38.8 Å². The smallest absolute Gasteiger partial charge is 0.104 e. The van der Waals surface area contributed by atoms with Gasteiger partial charge in [-0.2, -0.15) is 0 Å². The number of fused-ring (bicyclic) bond motifs is 2. The third-order valence-electron chi connectivity index (χ3n) is 4.69. The van der Waals surface area contributed by atoms with E-state index in [-0.39, 0.29) is 0 Å². The van der Waals surface area contributed by atoms with Gasteiger partial charge in [-0.1, -0.05) is 18.6 Å². The molecule has 0 saturated heterocycles. The van der Waals surface area contributed by atoms with Crippen molar-refractivity contribution in [1.29, 1.82) is 0 Å². The summed E-state index contributed by atoms with van der Waals surface area (Å²) in [5.74, 6) is 2.84. The number of nitrogens with two attached hydrogens (primary N) is 1. The Morgan fingerprint density at radius 2 is 2.21 bits per heavy atom. The van der Waals surface area contributed by atoms with E-state index in [1.54, 1.807) is 0 Å². The molecule has 2 bridgehead atoms. The fourth-order valence-corrected chi connectivity index (χ4v) is 4.33. The van der Waals surface area contributed by atoms with Crippen LogP contribution in [0.3, 0.4) is 0 Å². The molecule has 2 aliphatic rings. The summed E-state index contributed by atoms with van der Waals surface area (Å²) in [5.41, 5.74) is 7.69. The minimum atomic E-state index is 0.445. The molecule has 3 unspecified atom stereocenters. The molecule has 2 aliphatic carbocycles. The number of hydrogen-bond donors (Lipinski definition) is 2. The lowest BCUT2D eigenvalue weighted by Gasteiger charge is -2.22. The molecular weight excluding hydrogens is 320 g/mol. The van der Waals surface area contributed by atoms with Gasteiger partial charge in [-0.25, -0.2) is 0 Å². The van der Waals surface area contributed by atoms with Gasteiger partial charge in [0.15, 0.2) is 0 Å². The number of thiocarbonyl (C=S) groups is 1. The standard InChI is InChI=1S/C15H19BrN2S/c16-13-7-11(15(17)19)3-4-14(13)18-8-12-6-9-1-2-10(12)5-9/h3-4,7,9-10,12,18H,1-2,5-6,8H2,(H2,17,19). The number of hydrogen-bond acceptors (Lipinski definition) is 2. The van der Waals surface area contributed by atoms with E-state index in [1.807, 2.05) is 12.1 Å². The zero-order chi connectivity index (χ0) is 13.4. The summed E-state index contributed by atoms with van der Waals surface area (Å²) in [6, 6.07) is 6.04. The van der Waals surface area contributed by atoms with Crippen LogP contribution in [0.2, 0.25) is 0 Å². The molecular formula is C15H19BrN2S. The molecule has 4 heteroatoms. The monoisotopic (exact) mass is 338 g/mol. The maximum atomic E-state index is 5.64. The topological polar surface area (TPSA) is 38.0 Å². The summed E-state index contributed by atoms with van der Waals surface area (Å²) < 4.78 is 1.04. The Hall–Kier alpha value is -0.610. The Labute approximate surface area is 128 Å². The first-order valence-corrected chi connectivity index (χ1v) is 8.17. The number of nitrogens with one attached hydrogen (secondary N) is 1. The molecule has 0 spiro atoms. The second-order valence-electron chi connectivity index (χ2n) is 5.87. The summed E-state index contributed by atoms with van der Waals surface area (Å²) in [5, 5.41) is 3.57. The van der Waals surface area contributed by atoms with Crippen molar-refractivity contribution in [2.45, 2.75) is 25.7 Å². The largest absolute Gasteiger partial charge is 0.389 e. The number of benzene rings is 1. The predicted molar refractivity (Wildman–Crippen MR) is 87.5 cm³/mol. The first-order valence-electron chi connectivity index (χ1n) is 6.96. The van der Waals surface area contributed by atoms with E-state index < -0.39 is 0 Å². The fourth-order valence-electron chi connectivity index (χ4n) is 3.68. The van der Waals surface area contributed by atoms with Gasteiger partial charge in [0.05, 0.1) is 0 Å². The molecule has 0 aromatic heterocycles. The molecule has 1 aromatic carbocycles. The lowest BCUT2D eigenvalue weighted by Crippen LogP contribution is -2.20. The Morgan fingerprint density at radius 3 is 2.79 bits per heavy atom. The molecule has 1 aromatic rings. The van der Waals surface area contributed by atoms with Crippen LogP contribution in [0.1, 0.15) is 31.2 Å². The van der Waals surface area contributed by atoms with Gasteiger partial charge in [0, 0.05) is 22.3 Å². The van der Waals surface area contributed by atoms with Crippen LogP contribution in [0.5, 0.6) is 0 Å². The second kappa shape index (κ2) is 5.41. The minimum absolute atomic E-state index is 0.445. The molecule has 2 saturated carbocycles. The van der Waals surface area contributed by atoms with Crippen LogP contribution >= 0.6 is 28.1 Å². The minimum Gasteiger partial charge on any atom is -0.389 e. The van der Waals surface area contributed by atoms with E-state index in [1.165, 1.54) is 25.7 Å². The highest BCUT2D eigenvalue weighted by atomic mass is 79.9. The van der Waals surface area contributed by atoms with Gasteiger partial charge < -0.3 is 11.1 Å². The summed E-state index contributed by atoms with van der Waals surface area (Å²) in [7, 11) is 0. The van der Waals surface area contributed by atoms with E-state index in [2.05, 4.69) is 27.3 Å². The molecule has 0 radical (unpaired) electrons. The van der Waals surface area contributed by atoms with Crippen LogP contribution in [0.4, 0.5) is 5.69 Å². The van der Waals surface area contributed by atoms with Gasteiger partial charge in [0.2, 0.25) is 0 Å². The number of halogens is 1. The molecule has 0 aliphatic heterocycles. The average molecular weight is 339 g/mol. The van der Waals surface area contributed by atoms with Gasteiger partial charge in [-0.15, -0.1) is 0 Å². The van der Waals surface area contributed by atoms with Gasteiger partial charge in [-0.3, -0.25) is 0 Å². The van der Waals surface area contributed by atoms with E-state index in [4.69, 9.17) is 18.0 Å². The Bertz CT molecular complexity index is 503. The van der Waals surface area contributed by atoms with Gasteiger partial charge in [-0.05, 0) is 71.1 Å². The molecule has 2 fully saturated rings. The van der Waals surface area contributed by atoms with Gasteiger partial charge in [0.1, 0.15) is 4.99 Å². The van der Waals surface area contributed by atoms with Crippen molar-refractivity contribution in [1.82, 2.24) is 0 Å². The summed E-state index contributed by atoms with van der Waals surface area (Å²) in [4.78, 5) is 0.445. The van der Waals surface area contributed by atoms with Crippen molar-refractivity contribution in [3.8, 4) is 0 Å². The molecule has 0 amide bonds. The van der Waals surface area contributed by atoms with Gasteiger partial charge in [0.25, 0.3) is 0 Å². The molecule has 19 heavy (non-hydrogen) atoms. The highest BCUT2D eigenvalue weighted by molar-refractivity contribution is 9.10. The lowest BCUT2D eigenvalue weighted by atomic mass is 9.89. The van der Waals surface area contributed by atoms with Crippen LogP contribution in [0.15, 0.2) is 22.7 Å². The SMILES string of the molecule is NC(=S)c1ccc(NCC2CC3CCC2C3)c(Br)c1. The van der Waals surface area contributed by atoms with E-state index >= 15 is 0 Å². The molecule has 2 nitrogen and oxygen atoms in total. The van der Waals surface area contributed by atoms with Crippen LogP contribution in [-0.4, -0.2) is 11.5 Å². The normalized spacial score (nSPS) is 28.6. The summed E-state index contributed by atoms with van der Waals surface area (Å²) in [6.45, 7) is 1.09. The van der Waals surface area contributed by atoms with Crippen LogP contribution in [0.25, 0.3) is 0 Å². The van der Waals surface area contributed by atoms with E-state index in [0.29, 0.717) is 4.99 Å². The van der Waals surface area contributed by atoms with Gasteiger partial charge >= 0.3 is 0 Å². The average Bonchev–Trinajstić information content (AvgIpc) is 2.99. The second-order valence-corrected chi connectivity index (χ2v) is 7.17. The van der Waals surface area contributed by atoms with Crippen LogP contribution < -0.4 is 11.1 Å². The summed E-state index contributed by atoms with van der Waals surface area (Å²) in [6.07, 6.45) is 5.79. The Kier molecular flexibility index (Phi) is 3.81. The highest BCUT2D eigenvalue weighted by Gasteiger charge is 2.39. The zero-order valence-electron chi connectivity index (χ0n) is 10.9. The highest BCUT2D eigenvalue weighted by Crippen LogP contribution is 2.48. The van der Waals surface area contributed by atoms with Crippen LogP contribution in [0, 0.1) is 17.8 Å². The number of anilines is 1. The first-order chi connectivity index (χ1) is 9.13. The quantitative estimate of drug-likeness (QED) is 0.817. The Balaban J connectivity index is 1.62. The number of rotatable bonds is 4. The molecule has 102 valence electrons. The first kappa shape index (κ1) is 13.4. The molecule has 0 heterocycles. The van der Waals surface area contributed by atoms with Crippen molar-refractivity contribution in [2.75, 3.05) is 11.9 Å². The third-order valence-corrected chi connectivity index (χ3v) is 5.58. The summed E-state index contributed by atoms with van der Waals surface area (Å²) >= 11 is 8.58. The van der Waals surface area contributed by atoms with Crippen molar-refractivity contribution in [3.05, 3.63) is 28.2 Å². The van der Waals surface area contributed by atoms with Crippen molar-refractivity contribution in [2.24, 2.45) is 23.5 Å². The lowest BCUT2D eigenvalue weighted by molar-refractivity contribution is 0.348. The fraction of sp³-hybridized carbons (Fsp3) is 0.533. The third kappa shape index (κ3) is 2.79.